The molecule has 0 heterocycles. The molecule has 0 aromatic heterocycles. The molecule has 0 spiro atoms. The van der Waals surface area contributed by atoms with Gasteiger partial charge in [-0.3, -0.25) is 4.79 Å². The van der Waals surface area contributed by atoms with Crippen LogP contribution in [0.15, 0.2) is 0 Å². The number of ether oxygens (including phenoxy) is 1. The molecule has 2 nitrogen and oxygen atoms in total. The third-order valence-corrected chi connectivity index (χ3v) is 1.74. The van der Waals surface area contributed by atoms with Crippen LogP contribution in [0.4, 0.5) is 0 Å². The quantitative estimate of drug-likeness (QED) is 0.325. The van der Waals surface area contributed by atoms with E-state index in [1.54, 1.807) is 11.8 Å². The largest absolute Gasteiger partial charge is 0.457 e. The van der Waals surface area contributed by atoms with Gasteiger partial charge in [-0.2, -0.15) is 0 Å². The van der Waals surface area contributed by atoms with E-state index < -0.39 is 0 Å². The summed E-state index contributed by atoms with van der Waals surface area (Å²) in [6, 6.07) is 0. The fourth-order valence-corrected chi connectivity index (χ4v) is 1.14. The number of carbonyl (C=O) groups excluding carboxylic acids is 1. The van der Waals surface area contributed by atoms with Crippen molar-refractivity contribution in [1.82, 2.24) is 0 Å². The third kappa shape index (κ3) is 7.82. The molecule has 0 N–H and O–H groups in total. The molecular formula is C6H12O2S. The average molecular weight is 148 g/mol. The Labute approximate surface area is 60.0 Å². The molecule has 0 aliphatic rings. The van der Waals surface area contributed by atoms with Gasteiger partial charge < -0.3 is 4.74 Å². The van der Waals surface area contributed by atoms with E-state index in [9.17, 15) is 4.79 Å². The molecule has 54 valence electrons. The number of rotatable bonds is 6. The molecule has 0 aliphatic carbocycles. The molecular weight excluding hydrogens is 136 g/mol. The monoisotopic (exact) mass is 148 g/mol. The van der Waals surface area contributed by atoms with Crippen molar-refractivity contribution in [3.63, 3.8) is 0 Å². The van der Waals surface area contributed by atoms with Gasteiger partial charge in [-0.15, -0.1) is 11.8 Å². The predicted octanol–water partition coefficient (Wildman–Crippen LogP) is 1.65. The van der Waals surface area contributed by atoms with E-state index in [-0.39, 0.29) is 0 Å². The van der Waals surface area contributed by atoms with Gasteiger partial charge in [0.15, 0.2) is 0 Å². The minimum atomic E-state index is 0.485. The highest BCUT2D eigenvalue weighted by molar-refractivity contribution is 7.99. The number of carbonyl (C=O) groups is 1. The minimum Gasteiger partial charge on any atom is -0.457 e. The van der Waals surface area contributed by atoms with E-state index >= 15 is 0 Å². The van der Waals surface area contributed by atoms with E-state index in [1.807, 2.05) is 0 Å². The SMILES string of the molecule is CCCCSCOC=O. The van der Waals surface area contributed by atoms with Crippen molar-refractivity contribution in [2.45, 2.75) is 19.8 Å². The Kier molecular flexibility index (Phi) is 7.66. The summed E-state index contributed by atoms with van der Waals surface area (Å²) in [7, 11) is 0. The van der Waals surface area contributed by atoms with Crippen LogP contribution in [-0.4, -0.2) is 18.2 Å². The molecule has 9 heavy (non-hydrogen) atoms. The highest BCUT2D eigenvalue weighted by atomic mass is 32.2. The van der Waals surface area contributed by atoms with Crippen molar-refractivity contribution >= 4 is 18.2 Å². The molecule has 0 radical (unpaired) electrons. The van der Waals surface area contributed by atoms with Crippen molar-refractivity contribution < 1.29 is 9.53 Å². The van der Waals surface area contributed by atoms with Gasteiger partial charge in [0, 0.05) is 0 Å². The molecule has 0 aliphatic heterocycles. The number of hydrogen-bond acceptors (Lipinski definition) is 3. The van der Waals surface area contributed by atoms with Crippen molar-refractivity contribution in [3.8, 4) is 0 Å². The van der Waals surface area contributed by atoms with Crippen molar-refractivity contribution in [3.05, 3.63) is 0 Å². The lowest BCUT2D eigenvalue weighted by molar-refractivity contribution is -0.126. The Bertz CT molecular complexity index is 66.1. The second kappa shape index (κ2) is 7.82. The second-order valence-corrected chi connectivity index (χ2v) is 2.69. The number of thioether (sulfide) groups is 1. The molecule has 0 saturated heterocycles. The summed E-state index contributed by atoms with van der Waals surface area (Å²) in [5.74, 6) is 1.59. The Balaban J connectivity index is 2.66. The van der Waals surface area contributed by atoms with Crippen molar-refractivity contribution in [2.75, 3.05) is 11.7 Å². The van der Waals surface area contributed by atoms with Crippen LogP contribution in [-0.2, 0) is 9.53 Å². The first kappa shape index (κ1) is 8.82. The van der Waals surface area contributed by atoms with Crippen molar-refractivity contribution in [2.24, 2.45) is 0 Å². The van der Waals surface area contributed by atoms with Gasteiger partial charge >= 0.3 is 0 Å². The Morgan fingerprint density at radius 1 is 1.67 bits per heavy atom. The zero-order valence-corrected chi connectivity index (χ0v) is 6.45. The zero-order chi connectivity index (χ0) is 6.95. The molecule has 0 unspecified atom stereocenters. The lowest BCUT2D eigenvalue weighted by Gasteiger charge is -1.95. The minimum absolute atomic E-state index is 0.485. The van der Waals surface area contributed by atoms with E-state index in [4.69, 9.17) is 0 Å². The standard InChI is InChI=1S/C6H12O2S/c1-2-3-4-9-6-8-5-7/h5H,2-4,6H2,1H3. The van der Waals surface area contributed by atoms with Gasteiger partial charge in [-0.1, -0.05) is 13.3 Å². The third-order valence-electron chi connectivity index (χ3n) is 0.862. The molecule has 0 fully saturated rings. The first-order valence-corrected chi connectivity index (χ1v) is 4.20. The Morgan fingerprint density at radius 2 is 2.44 bits per heavy atom. The molecule has 0 aromatic rings. The molecule has 0 rings (SSSR count). The van der Waals surface area contributed by atoms with Crippen LogP contribution in [0, 0.1) is 0 Å². The van der Waals surface area contributed by atoms with Crippen LogP contribution in [0.5, 0.6) is 0 Å². The zero-order valence-electron chi connectivity index (χ0n) is 5.63. The topological polar surface area (TPSA) is 26.3 Å². The van der Waals surface area contributed by atoms with Crippen LogP contribution in [0.1, 0.15) is 19.8 Å². The molecule has 0 aromatic carbocycles. The molecule has 0 saturated carbocycles. The summed E-state index contributed by atoms with van der Waals surface area (Å²) in [6.45, 7) is 2.63. The van der Waals surface area contributed by atoms with Crippen LogP contribution in [0.3, 0.4) is 0 Å². The fourth-order valence-electron chi connectivity index (χ4n) is 0.381. The maximum Gasteiger partial charge on any atom is 0.293 e. The van der Waals surface area contributed by atoms with Gasteiger partial charge in [-0.25, -0.2) is 0 Å². The molecule has 0 atom stereocenters. The maximum absolute atomic E-state index is 9.60. The summed E-state index contributed by atoms with van der Waals surface area (Å²) in [5, 5.41) is 0. The summed E-state index contributed by atoms with van der Waals surface area (Å²) < 4.78 is 4.46. The van der Waals surface area contributed by atoms with Gasteiger partial charge in [0.05, 0.1) is 0 Å². The average Bonchev–Trinajstić information content (AvgIpc) is 1.89. The van der Waals surface area contributed by atoms with Gasteiger partial charge in [0.25, 0.3) is 6.47 Å². The summed E-state index contributed by atoms with van der Waals surface area (Å²) in [5.41, 5.74) is 0. The fraction of sp³-hybridized carbons (Fsp3) is 0.833. The summed E-state index contributed by atoms with van der Waals surface area (Å²) >= 11 is 1.65. The van der Waals surface area contributed by atoms with Gasteiger partial charge in [0.1, 0.15) is 5.94 Å². The normalized spacial score (nSPS) is 9.00. The first-order valence-electron chi connectivity index (χ1n) is 3.04. The summed E-state index contributed by atoms with van der Waals surface area (Å²) in [6.07, 6.45) is 2.40. The maximum atomic E-state index is 9.60. The Morgan fingerprint density at radius 3 is 3.00 bits per heavy atom. The number of hydrogen-bond donors (Lipinski definition) is 0. The van der Waals surface area contributed by atoms with Crippen LogP contribution >= 0.6 is 11.8 Å². The smallest absolute Gasteiger partial charge is 0.293 e. The molecule has 0 amide bonds. The van der Waals surface area contributed by atoms with E-state index in [0.29, 0.717) is 12.4 Å². The predicted molar refractivity (Wildman–Crippen MR) is 39.4 cm³/mol. The van der Waals surface area contributed by atoms with Crippen LogP contribution in [0.25, 0.3) is 0 Å². The second-order valence-electron chi connectivity index (χ2n) is 1.64. The van der Waals surface area contributed by atoms with Crippen LogP contribution < -0.4 is 0 Å². The molecule has 3 heteroatoms. The number of unbranched alkanes of at least 4 members (excludes halogenated alkanes) is 1. The highest BCUT2D eigenvalue weighted by Crippen LogP contribution is 2.02. The highest BCUT2D eigenvalue weighted by Gasteiger charge is 1.85. The van der Waals surface area contributed by atoms with Crippen molar-refractivity contribution in [1.29, 1.82) is 0 Å². The Hall–Kier alpha value is -0.180. The van der Waals surface area contributed by atoms with E-state index in [2.05, 4.69) is 11.7 Å². The van der Waals surface area contributed by atoms with Gasteiger partial charge in [-0.05, 0) is 12.2 Å². The molecule has 0 bridgehead atoms. The van der Waals surface area contributed by atoms with Gasteiger partial charge in [0.2, 0.25) is 0 Å². The van der Waals surface area contributed by atoms with Crippen LogP contribution in [0.2, 0.25) is 0 Å². The lowest BCUT2D eigenvalue weighted by Crippen LogP contribution is -1.87. The van der Waals surface area contributed by atoms with E-state index in [1.165, 1.54) is 12.8 Å². The first-order chi connectivity index (χ1) is 4.41. The lowest BCUT2D eigenvalue weighted by atomic mass is 10.4. The van der Waals surface area contributed by atoms with E-state index in [0.717, 1.165) is 5.75 Å². The summed E-state index contributed by atoms with van der Waals surface area (Å²) in [4.78, 5) is 9.60.